The van der Waals surface area contributed by atoms with Crippen molar-refractivity contribution in [2.75, 3.05) is 10.7 Å². The van der Waals surface area contributed by atoms with Crippen LogP contribution in [0.25, 0.3) is 0 Å². The summed E-state index contributed by atoms with van der Waals surface area (Å²) in [4.78, 5) is 23.2. The molecule has 0 N–H and O–H groups in total. The van der Waals surface area contributed by atoms with Crippen LogP contribution in [0.3, 0.4) is 0 Å². The third-order valence-electron chi connectivity index (χ3n) is 3.67. The van der Waals surface area contributed by atoms with Gasteiger partial charge in [-0.3, -0.25) is 9.59 Å². The Bertz CT molecular complexity index is 501. The Morgan fingerprint density at radius 2 is 1.15 bits per heavy atom. The number of ketones is 2. The highest BCUT2D eigenvalue weighted by molar-refractivity contribution is 9.09. The van der Waals surface area contributed by atoms with Crippen molar-refractivity contribution in [1.29, 1.82) is 0 Å². The van der Waals surface area contributed by atoms with Crippen molar-refractivity contribution in [3.8, 4) is 0 Å². The fourth-order valence-corrected chi connectivity index (χ4v) is 3.17. The van der Waals surface area contributed by atoms with Gasteiger partial charge in [0, 0.05) is 0 Å². The summed E-state index contributed by atoms with van der Waals surface area (Å²) >= 11 is 6.41. The topological polar surface area (TPSA) is 34.1 Å². The number of Topliss-reactive ketones (excluding diaryl/α,β-unsaturated/α-hetero) is 2. The Morgan fingerprint density at radius 1 is 0.750 bits per heavy atom. The summed E-state index contributed by atoms with van der Waals surface area (Å²) < 4.78 is 0. The summed E-state index contributed by atoms with van der Waals surface area (Å²) in [7, 11) is 0. The lowest BCUT2D eigenvalue weighted by molar-refractivity contribution is -0.114. The Hall–Kier alpha value is -0.740. The number of hydrogen-bond donors (Lipinski definition) is 0. The molecule has 0 spiro atoms. The van der Waals surface area contributed by atoms with Crippen molar-refractivity contribution < 1.29 is 9.59 Å². The Balaban J connectivity index is 2.11. The zero-order valence-electron chi connectivity index (χ0n) is 11.1. The van der Waals surface area contributed by atoms with Crippen LogP contribution in [0.4, 0.5) is 0 Å². The molecule has 20 heavy (non-hydrogen) atoms. The largest absolute Gasteiger partial charge is 0.294 e. The van der Waals surface area contributed by atoms with Gasteiger partial charge in [-0.1, -0.05) is 56.2 Å². The van der Waals surface area contributed by atoms with Crippen LogP contribution < -0.4 is 0 Å². The maximum Gasteiger partial charge on any atom is 0.169 e. The molecule has 0 amide bonds. The molecular weight excluding hydrogens is 384 g/mol. The van der Waals surface area contributed by atoms with E-state index in [0.29, 0.717) is 10.7 Å². The highest BCUT2D eigenvalue weighted by atomic mass is 79.9. The van der Waals surface area contributed by atoms with Crippen LogP contribution in [0.5, 0.6) is 0 Å². The average Bonchev–Trinajstić information content (AvgIpc) is 2.53. The second-order valence-corrected chi connectivity index (χ2v) is 6.00. The summed E-state index contributed by atoms with van der Waals surface area (Å²) in [6, 6.07) is 0. The molecule has 0 aromatic rings. The zero-order chi connectivity index (χ0) is 14.5. The lowest BCUT2D eigenvalue weighted by Gasteiger charge is -2.19. The van der Waals surface area contributed by atoms with Crippen LogP contribution in [0, 0.1) is 0 Å². The molecule has 0 heterocycles. The molecule has 2 rings (SSSR count). The lowest BCUT2D eigenvalue weighted by Crippen LogP contribution is -2.10. The maximum atomic E-state index is 11.6. The molecule has 0 bridgehead atoms. The monoisotopic (exact) mass is 398 g/mol. The van der Waals surface area contributed by atoms with Gasteiger partial charge in [-0.15, -0.1) is 0 Å². The SMILES string of the molecule is O=C(CBr)C1=CC=C(C2=CC=C(C(=O)CBr)CC2)CC1. The number of alkyl halides is 2. The highest BCUT2D eigenvalue weighted by Gasteiger charge is 2.17. The van der Waals surface area contributed by atoms with Crippen molar-refractivity contribution in [2.24, 2.45) is 0 Å². The maximum absolute atomic E-state index is 11.6. The van der Waals surface area contributed by atoms with Crippen LogP contribution in [0.2, 0.25) is 0 Å². The summed E-state index contributed by atoms with van der Waals surface area (Å²) in [5.41, 5.74) is 4.37. The first kappa shape index (κ1) is 15.6. The van der Waals surface area contributed by atoms with E-state index in [9.17, 15) is 9.59 Å². The van der Waals surface area contributed by atoms with Gasteiger partial charge in [0.15, 0.2) is 11.6 Å². The Kier molecular flexibility index (Phi) is 5.73. The highest BCUT2D eigenvalue weighted by Crippen LogP contribution is 2.31. The Labute approximate surface area is 136 Å². The molecule has 0 unspecified atom stereocenters. The lowest BCUT2D eigenvalue weighted by atomic mass is 9.86. The zero-order valence-corrected chi connectivity index (χ0v) is 14.3. The predicted molar refractivity (Wildman–Crippen MR) is 88.4 cm³/mol. The van der Waals surface area contributed by atoms with E-state index in [4.69, 9.17) is 0 Å². The van der Waals surface area contributed by atoms with Gasteiger partial charge in [-0.25, -0.2) is 0 Å². The van der Waals surface area contributed by atoms with E-state index in [1.54, 1.807) is 0 Å². The van der Waals surface area contributed by atoms with E-state index < -0.39 is 0 Å². The van der Waals surface area contributed by atoms with Crippen LogP contribution >= 0.6 is 31.9 Å². The van der Waals surface area contributed by atoms with Gasteiger partial charge >= 0.3 is 0 Å². The van der Waals surface area contributed by atoms with E-state index in [0.717, 1.165) is 36.8 Å². The number of carbonyl (C=O) groups excluding carboxylic acids is 2. The molecule has 0 fully saturated rings. The van der Waals surface area contributed by atoms with Crippen molar-refractivity contribution in [3.63, 3.8) is 0 Å². The van der Waals surface area contributed by atoms with Gasteiger partial charge in [-0.2, -0.15) is 0 Å². The second kappa shape index (κ2) is 7.32. The molecule has 2 aliphatic rings. The molecule has 2 aliphatic carbocycles. The molecule has 2 nitrogen and oxygen atoms in total. The van der Waals surface area contributed by atoms with Gasteiger partial charge in [0.25, 0.3) is 0 Å². The van der Waals surface area contributed by atoms with E-state index in [-0.39, 0.29) is 11.6 Å². The van der Waals surface area contributed by atoms with Gasteiger partial charge in [-0.05, 0) is 48.0 Å². The molecule has 0 radical (unpaired) electrons. The molecular formula is C16H16Br2O2. The smallest absolute Gasteiger partial charge is 0.169 e. The van der Waals surface area contributed by atoms with Crippen molar-refractivity contribution in [3.05, 3.63) is 46.6 Å². The first-order valence-corrected chi connectivity index (χ1v) is 8.88. The number of hydrogen-bond acceptors (Lipinski definition) is 2. The van der Waals surface area contributed by atoms with Crippen LogP contribution in [-0.4, -0.2) is 22.2 Å². The standard InChI is InChI=1S/C16H16Br2O2/c17-9-15(19)13-5-1-11(2-6-13)12-3-7-14(8-4-12)16(20)10-18/h1,3,5,7H,2,4,6,8-10H2. The normalized spacial score (nSPS) is 18.7. The van der Waals surface area contributed by atoms with Crippen LogP contribution in [0.15, 0.2) is 46.6 Å². The third-order valence-corrected chi connectivity index (χ3v) is 4.69. The number of carbonyl (C=O) groups is 2. The molecule has 0 saturated carbocycles. The molecule has 4 heteroatoms. The van der Waals surface area contributed by atoms with Gasteiger partial charge in [0.1, 0.15) is 0 Å². The first-order valence-electron chi connectivity index (χ1n) is 6.64. The minimum Gasteiger partial charge on any atom is -0.294 e. The summed E-state index contributed by atoms with van der Waals surface area (Å²) in [6.45, 7) is 0. The minimum absolute atomic E-state index is 0.169. The minimum atomic E-state index is 0.169. The van der Waals surface area contributed by atoms with E-state index in [2.05, 4.69) is 44.0 Å². The van der Waals surface area contributed by atoms with Crippen LogP contribution in [-0.2, 0) is 9.59 Å². The molecule has 0 aliphatic heterocycles. The second-order valence-electron chi connectivity index (χ2n) is 4.88. The Morgan fingerprint density at radius 3 is 1.40 bits per heavy atom. The van der Waals surface area contributed by atoms with Gasteiger partial charge in [0.05, 0.1) is 10.7 Å². The fraction of sp³-hybridized carbons (Fsp3) is 0.375. The van der Waals surface area contributed by atoms with E-state index in [1.807, 2.05) is 12.2 Å². The van der Waals surface area contributed by atoms with Crippen molar-refractivity contribution in [2.45, 2.75) is 25.7 Å². The average molecular weight is 400 g/mol. The summed E-state index contributed by atoms with van der Waals surface area (Å²) in [5, 5.41) is 0.789. The number of allylic oxidation sites excluding steroid dienone is 8. The fourth-order valence-electron chi connectivity index (χ4n) is 2.45. The van der Waals surface area contributed by atoms with Gasteiger partial charge < -0.3 is 0 Å². The summed E-state index contributed by atoms with van der Waals surface area (Å²) in [5.74, 6) is 0.339. The van der Waals surface area contributed by atoms with Crippen molar-refractivity contribution in [1.82, 2.24) is 0 Å². The third kappa shape index (κ3) is 3.67. The van der Waals surface area contributed by atoms with Crippen LogP contribution in [0.1, 0.15) is 25.7 Å². The summed E-state index contributed by atoms with van der Waals surface area (Å²) in [6.07, 6.45) is 11.4. The number of rotatable bonds is 5. The quantitative estimate of drug-likeness (QED) is 0.649. The molecule has 0 aromatic heterocycles. The first-order chi connectivity index (χ1) is 9.65. The molecule has 0 atom stereocenters. The molecule has 0 aromatic carbocycles. The van der Waals surface area contributed by atoms with E-state index >= 15 is 0 Å². The molecule has 0 saturated heterocycles. The number of halogens is 2. The van der Waals surface area contributed by atoms with Crippen molar-refractivity contribution >= 4 is 43.4 Å². The molecule has 106 valence electrons. The van der Waals surface area contributed by atoms with Gasteiger partial charge in [0.2, 0.25) is 0 Å². The predicted octanol–water partition coefficient (Wildman–Crippen LogP) is 4.21. The van der Waals surface area contributed by atoms with E-state index in [1.165, 1.54) is 11.1 Å².